The van der Waals surface area contributed by atoms with Gasteiger partial charge in [0.15, 0.2) is 0 Å². The maximum absolute atomic E-state index is 11.8. The van der Waals surface area contributed by atoms with E-state index in [1.807, 2.05) is 20.8 Å². The van der Waals surface area contributed by atoms with Gasteiger partial charge in [0, 0.05) is 0 Å². The molecule has 0 heterocycles. The van der Waals surface area contributed by atoms with Crippen molar-refractivity contribution in [2.75, 3.05) is 6.61 Å². The summed E-state index contributed by atoms with van der Waals surface area (Å²) in [5.74, 6) is -2.18. The fraction of sp³-hybridized carbons (Fsp3) is 0.900. The lowest BCUT2D eigenvalue weighted by Crippen LogP contribution is -2.27. The molecule has 0 aliphatic heterocycles. The fourth-order valence-electron chi connectivity index (χ4n) is 1.40. The van der Waals surface area contributed by atoms with Crippen molar-refractivity contribution in [3.05, 3.63) is 0 Å². The molecule has 5 heteroatoms. The molecule has 90 valence electrons. The Balaban J connectivity index is 3.92. The highest BCUT2D eigenvalue weighted by Crippen LogP contribution is 2.25. The van der Waals surface area contributed by atoms with Gasteiger partial charge in [-0.25, -0.2) is 4.79 Å². The van der Waals surface area contributed by atoms with Gasteiger partial charge in [-0.15, -0.1) is 0 Å². The van der Waals surface area contributed by atoms with E-state index in [9.17, 15) is 18.0 Å². The Hall–Kier alpha value is -0.740. The smallest absolute Gasteiger partial charge is 0.459 e. The monoisotopic (exact) mass is 226 g/mol. The molecule has 15 heavy (non-hydrogen) atoms. The van der Waals surface area contributed by atoms with Gasteiger partial charge in [0.05, 0.1) is 6.61 Å². The van der Waals surface area contributed by atoms with Crippen LogP contribution < -0.4 is 0 Å². The zero-order valence-corrected chi connectivity index (χ0v) is 9.44. The summed E-state index contributed by atoms with van der Waals surface area (Å²) >= 11 is 0. The minimum Gasteiger partial charge on any atom is -0.459 e. The van der Waals surface area contributed by atoms with Crippen molar-refractivity contribution in [2.45, 2.75) is 40.3 Å². The van der Waals surface area contributed by atoms with Crippen molar-refractivity contribution >= 4 is 5.97 Å². The number of rotatable bonds is 3. The van der Waals surface area contributed by atoms with Gasteiger partial charge in [0.1, 0.15) is 0 Å². The first-order valence-corrected chi connectivity index (χ1v) is 4.76. The quantitative estimate of drug-likeness (QED) is 0.691. The van der Waals surface area contributed by atoms with Crippen LogP contribution in [-0.2, 0) is 9.53 Å². The second-order valence-electron chi connectivity index (χ2n) is 4.97. The number of esters is 1. The molecular weight excluding hydrogens is 209 g/mol. The number of alkyl halides is 3. The second kappa shape index (κ2) is 4.86. The molecule has 1 atom stereocenters. The van der Waals surface area contributed by atoms with Gasteiger partial charge >= 0.3 is 12.1 Å². The van der Waals surface area contributed by atoms with Crippen molar-refractivity contribution in [1.82, 2.24) is 0 Å². The summed E-state index contributed by atoms with van der Waals surface area (Å²) in [5, 5.41) is 0. The van der Waals surface area contributed by atoms with Crippen LogP contribution >= 0.6 is 0 Å². The van der Waals surface area contributed by atoms with E-state index in [4.69, 9.17) is 0 Å². The molecule has 0 aliphatic carbocycles. The Morgan fingerprint density at radius 1 is 1.27 bits per heavy atom. The first kappa shape index (κ1) is 14.3. The lowest BCUT2D eigenvalue weighted by molar-refractivity contribution is -0.201. The van der Waals surface area contributed by atoms with E-state index in [0.717, 1.165) is 0 Å². The van der Waals surface area contributed by atoms with Gasteiger partial charge in [-0.3, -0.25) is 0 Å². The molecule has 0 bridgehead atoms. The SMILES string of the molecule is CC(COC(=O)C(F)(F)F)CC(C)(C)C. The standard InChI is InChI=1S/C10H17F3O2/c1-7(5-9(2,3)4)6-15-8(14)10(11,12)13/h7H,5-6H2,1-4H3. The van der Waals surface area contributed by atoms with Gasteiger partial charge in [-0.2, -0.15) is 13.2 Å². The fourth-order valence-corrected chi connectivity index (χ4v) is 1.40. The maximum Gasteiger partial charge on any atom is 0.490 e. The van der Waals surface area contributed by atoms with E-state index in [0.29, 0.717) is 6.42 Å². The zero-order chi connectivity index (χ0) is 12.3. The summed E-state index contributed by atoms with van der Waals surface area (Å²) in [6.07, 6.45) is -4.18. The van der Waals surface area contributed by atoms with E-state index < -0.39 is 12.1 Å². The number of carbonyl (C=O) groups excluding carboxylic acids is 1. The Bertz CT molecular complexity index is 216. The Labute approximate surface area is 87.8 Å². The molecule has 0 aliphatic rings. The first-order valence-electron chi connectivity index (χ1n) is 4.76. The van der Waals surface area contributed by atoms with Gasteiger partial charge in [0.25, 0.3) is 0 Å². The first-order chi connectivity index (χ1) is 6.52. The molecule has 1 unspecified atom stereocenters. The normalized spacial score (nSPS) is 14.9. The van der Waals surface area contributed by atoms with Gasteiger partial charge in [-0.1, -0.05) is 27.7 Å². The highest BCUT2D eigenvalue weighted by molar-refractivity contribution is 5.75. The van der Waals surface area contributed by atoms with Crippen LogP contribution in [0.2, 0.25) is 0 Å². The molecule has 2 nitrogen and oxygen atoms in total. The molecule has 0 saturated heterocycles. The third-order valence-corrected chi connectivity index (χ3v) is 1.69. The van der Waals surface area contributed by atoms with Gasteiger partial charge in [0.2, 0.25) is 0 Å². The molecule has 0 aromatic rings. The topological polar surface area (TPSA) is 26.3 Å². The number of carbonyl (C=O) groups is 1. The van der Waals surface area contributed by atoms with Crippen LogP contribution in [0.25, 0.3) is 0 Å². The molecule has 0 spiro atoms. The molecule has 0 rings (SSSR count). The third-order valence-electron chi connectivity index (χ3n) is 1.69. The van der Waals surface area contributed by atoms with Crippen molar-refractivity contribution in [1.29, 1.82) is 0 Å². The molecule has 0 radical (unpaired) electrons. The summed E-state index contributed by atoms with van der Waals surface area (Å²) < 4.78 is 39.4. The lowest BCUT2D eigenvalue weighted by Gasteiger charge is -2.23. The number of ether oxygens (including phenoxy) is 1. The third kappa shape index (κ3) is 7.22. The van der Waals surface area contributed by atoms with E-state index in [1.165, 1.54) is 0 Å². The average Bonchev–Trinajstić information content (AvgIpc) is 1.94. The molecule has 0 saturated carbocycles. The van der Waals surface area contributed by atoms with Crippen molar-refractivity contribution < 1.29 is 22.7 Å². The van der Waals surface area contributed by atoms with Crippen LogP contribution in [-0.4, -0.2) is 18.8 Å². The van der Waals surface area contributed by atoms with E-state index in [1.54, 1.807) is 6.92 Å². The van der Waals surface area contributed by atoms with Crippen LogP contribution in [0.5, 0.6) is 0 Å². The molecule has 0 aromatic heterocycles. The largest absolute Gasteiger partial charge is 0.490 e. The second-order valence-corrected chi connectivity index (χ2v) is 4.97. The van der Waals surface area contributed by atoms with Crippen molar-refractivity contribution in [3.8, 4) is 0 Å². The molecule has 0 fully saturated rings. The highest BCUT2D eigenvalue weighted by Gasteiger charge is 2.41. The van der Waals surface area contributed by atoms with Crippen LogP contribution in [0.4, 0.5) is 13.2 Å². The average molecular weight is 226 g/mol. The van der Waals surface area contributed by atoms with Crippen molar-refractivity contribution in [3.63, 3.8) is 0 Å². The zero-order valence-electron chi connectivity index (χ0n) is 9.44. The number of halogens is 3. The Morgan fingerprint density at radius 2 is 1.73 bits per heavy atom. The molecular formula is C10H17F3O2. The minimum atomic E-state index is -4.89. The molecule has 0 aromatic carbocycles. The summed E-state index contributed by atoms with van der Waals surface area (Å²) in [7, 11) is 0. The maximum atomic E-state index is 11.8. The summed E-state index contributed by atoms with van der Waals surface area (Å²) in [5.41, 5.74) is 0.0179. The lowest BCUT2D eigenvalue weighted by atomic mass is 9.86. The van der Waals surface area contributed by atoms with E-state index in [-0.39, 0.29) is 17.9 Å². The van der Waals surface area contributed by atoms with Crippen LogP contribution in [0, 0.1) is 11.3 Å². The van der Waals surface area contributed by atoms with Gasteiger partial charge in [-0.05, 0) is 17.8 Å². The molecule has 0 N–H and O–H groups in total. The van der Waals surface area contributed by atoms with Crippen molar-refractivity contribution in [2.24, 2.45) is 11.3 Å². The predicted molar refractivity (Wildman–Crippen MR) is 50.3 cm³/mol. The number of hydrogen-bond donors (Lipinski definition) is 0. The Morgan fingerprint density at radius 3 is 2.07 bits per heavy atom. The Kier molecular flexibility index (Phi) is 4.62. The van der Waals surface area contributed by atoms with Crippen LogP contribution in [0.1, 0.15) is 34.1 Å². The van der Waals surface area contributed by atoms with Crippen LogP contribution in [0.15, 0.2) is 0 Å². The highest BCUT2D eigenvalue weighted by atomic mass is 19.4. The van der Waals surface area contributed by atoms with E-state index >= 15 is 0 Å². The molecule has 0 amide bonds. The predicted octanol–water partition coefficient (Wildman–Crippen LogP) is 3.16. The minimum absolute atomic E-state index is 0.0179. The summed E-state index contributed by atoms with van der Waals surface area (Å²) in [6.45, 7) is 7.52. The van der Waals surface area contributed by atoms with E-state index in [2.05, 4.69) is 4.74 Å². The summed E-state index contributed by atoms with van der Waals surface area (Å²) in [4.78, 5) is 10.4. The van der Waals surface area contributed by atoms with Gasteiger partial charge < -0.3 is 4.74 Å². The van der Waals surface area contributed by atoms with Crippen LogP contribution in [0.3, 0.4) is 0 Å². The number of hydrogen-bond acceptors (Lipinski definition) is 2. The summed E-state index contributed by atoms with van der Waals surface area (Å²) in [6, 6.07) is 0.